The van der Waals surface area contributed by atoms with E-state index in [4.69, 9.17) is 4.74 Å². The van der Waals surface area contributed by atoms with Gasteiger partial charge in [-0.15, -0.1) is 0 Å². The first-order valence-electron chi connectivity index (χ1n) is 8.88. The first-order valence-corrected chi connectivity index (χ1v) is 8.88. The maximum Gasteiger partial charge on any atom is 0.191 e. The highest BCUT2D eigenvalue weighted by Crippen LogP contribution is 2.08. The third-order valence-corrected chi connectivity index (χ3v) is 3.97. The second-order valence-corrected chi connectivity index (χ2v) is 6.10. The molecule has 0 aliphatic heterocycles. The van der Waals surface area contributed by atoms with Crippen LogP contribution >= 0.6 is 0 Å². The van der Waals surface area contributed by atoms with Gasteiger partial charge in [-0.2, -0.15) is 0 Å². The van der Waals surface area contributed by atoms with E-state index >= 15 is 0 Å². The quantitative estimate of drug-likeness (QED) is 0.509. The number of nitrogens with one attached hydrogen (secondary N) is 2. The molecule has 0 aromatic heterocycles. The minimum Gasteiger partial charge on any atom is -0.377 e. The predicted molar refractivity (Wildman–Crippen MR) is 103 cm³/mol. The number of aliphatic imine (C=N–C) groups is 1. The Morgan fingerprint density at radius 3 is 2.46 bits per heavy atom. The molecule has 0 heterocycles. The van der Waals surface area contributed by atoms with E-state index in [0.29, 0.717) is 0 Å². The van der Waals surface area contributed by atoms with Crippen LogP contribution in [-0.2, 0) is 17.7 Å². The van der Waals surface area contributed by atoms with Crippen LogP contribution in [0.4, 0.5) is 0 Å². The number of guanidine groups is 1. The summed E-state index contributed by atoms with van der Waals surface area (Å²) in [6.45, 7) is 7.51. The van der Waals surface area contributed by atoms with Crippen molar-refractivity contribution in [3.63, 3.8) is 0 Å². The van der Waals surface area contributed by atoms with Gasteiger partial charge in [0.15, 0.2) is 5.96 Å². The van der Waals surface area contributed by atoms with E-state index in [9.17, 15) is 0 Å². The SMILES string of the molecule is CCOC(CCN(C)C)CNC(=NC)NCc1ccccc1CC. The second-order valence-electron chi connectivity index (χ2n) is 6.10. The van der Waals surface area contributed by atoms with Crippen LogP contribution in [0.25, 0.3) is 0 Å². The van der Waals surface area contributed by atoms with Crippen LogP contribution in [0.2, 0.25) is 0 Å². The fourth-order valence-electron chi connectivity index (χ4n) is 2.57. The van der Waals surface area contributed by atoms with Crippen molar-refractivity contribution in [2.75, 3.05) is 40.8 Å². The van der Waals surface area contributed by atoms with Gasteiger partial charge in [0, 0.05) is 33.3 Å². The van der Waals surface area contributed by atoms with E-state index in [2.05, 4.69) is 65.8 Å². The van der Waals surface area contributed by atoms with E-state index in [1.54, 1.807) is 7.05 Å². The zero-order valence-electron chi connectivity index (χ0n) is 15.9. The lowest BCUT2D eigenvalue weighted by atomic mass is 10.1. The van der Waals surface area contributed by atoms with Crippen LogP contribution in [0.3, 0.4) is 0 Å². The fourth-order valence-corrected chi connectivity index (χ4v) is 2.57. The number of aryl methyl sites for hydroxylation is 1. The van der Waals surface area contributed by atoms with Gasteiger partial charge in [-0.1, -0.05) is 31.2 Å². The van der Waals surface area contributed by atoms with Crippen molar-refractivity contribution in [2.45, 2.75) is 39.3 Å². The molecule has 0 saturated heterocycles. The summed E-state index contributed by atoms with van der Waals surface area (Å²) in [5.74, 6) is 0.815. The number of hydrogen-bond donors (Lipinski definition) is 2. The molecular formula is C19H34N4O. The van der Waals surface area contributed by atoms with E-state index in [0.717, 1.165) is 45.0 Å². The van der Waals surface area contributed by atoms with Crippen molar-refractivity contribution in [1.29, 1.82) is 0 Å². The Balaban J connectivity index is 2.48. The minimum atomic E-state index is 0.193. The van der Waals surface area contributed by atoms with Gasteiger partial charge < -0.3 is 20.3 Å². The van der Waals surface area contributed by atoms with Crippen molar-refractivity contribution in [1.82, 2.24) is 15.5 Å². The van der Waals surface area contributed by atoms with Gasteiger partial charge in [0.05, 0.1) is 6.10 Å². The molecule has 0 saturated carbocycles. The highest BCUT2D eigenvalue weighted by Gasteiger charge is 2.10. The normalized spacial score (nSPS) is 13.2. The average molecular weight is 335 g/mol. The predicted octanol–water partition coefficient (Wildman–Crippen LogP) is 2.27. The van der Waals surface area contributed by atoms with Crippen LogP contribution in [0, 0.1) is 0 Å². The number of nitrogens with zero attached hydrogens (tertiary/aromatic N) is 2. The Labute approximate surface area is 147 Å². The lowest BCUT2D eigenvalue weighted by molar-refractivity contribution is 0.0548. The van der Waals surface area contributed by atoms with Crippen molar-refractivity contribution >= 4 is 5.96 Å². The molecule has 1 unspecified atom stereocenters. The van der Waals surface area contributed by atoms with Gasteiger partial charge >= 0.3 is 0 Å². The first kappa shape index (κ1) is 20.5. The summed E-state index contributed by atoms with van der Waals surface area (Å²) in [5, 5.41) is 6.78. The number of rotatable bonds is 10. The molecular weight excluding hydrogens is 300 g/mol. The molecule has 1 aromatic carbocycles. The molecule has 1 aromatic rings. The van der Waals surface area contributed by atoms with Crippen molar-refractivity contribution in [3.05, 3.63) is 35.4 Å². The zero-order valence-corrected chi connectivity index (χ0v) is 15.9. The molecule has 5 nitrogen and oxygen atoms in total. The molecule has 0 amide bonds. The Kier molecular flexibility index (Phi) is 10.1. The van der Waals surface area contributed by atoms with E-state index in [-0.39, 0.29) is 6.10 Å². The summed E-state index contributed by atoms with van der Waals surface area (Å²) < 4.78 is 5.81. The van der Waals surface area contributed by atoms with Crippen LogP contribution in [0.1, 0.15) is 31.4 Å². The third kappa shape index (κ3) is 7.79. The lowest BCUT2D eigenvalue weighted by Crippen LogP contribution is -2.42. The Bertz CT molecular complexity index is 488. The molecule has 1 rings (SSSR count). The highest BCUT2D eigenvalue weighted by atomic mass is 16.5. The van der Waals surface area contributed by atoms with Gasteiger partial charge in [-0.05, 0) is 45.0 Å². The molecule has 2 N–H and O–H groups in total. The largest absolute Gasteiger partial charge is 0.377 e. The number of benzene rings is 1. The maximum atomic E-state index is 5.81. The molecule has 0 spiro atoms. The maximum absolute atomic E-state index is 5.81. The average Bonchev–Trinajstić information content (AvgIpc) is 2.59. The molecule has 24 heavy (non-hydrogen) atoms. The van der Waals surface area contributed by atoms with Crippen molar-refractivity contribution < 1.29 is 4.74 Å². The van der Waals surface area contributed by atoms with Gasteiger partial charge in [0.2, 0.25) is 0 Å². The van der Waals surface area contributed by atoms with E-state index in [1.165, 1.54) is 11.1 Å². The summed E-state index contributed by atoms with van der Waals surface area (Å²) in [6.07, 6.45) is 2.24. The molecule has 5 heteroatoms. The first-order chi connectivity index (χ1) is 11.6. The zero-order chi connectivity index (χ0) is 17.8. The second kappa shape index (κ2) is 11.9. The minimum absolute atomic E-state index is 0.193. The van der Waals surface area contributed by atoms with E-state index < -0.39 is 0 Å². The standard InChI is InChI=1S/C19H34N4O/c1-6-16-10-8-9-11-17(16)14-21-19(20-3)22-15-18(24-7-2)12-13-23(4)5/h8-11,18H,6-7,12-15H2,1-5H3,(H2,20,21,22). The summed E-state index contributed by atoms with van der Waals surface area (Å²) in [6, 6.07) is 8.52. The number of hydrogen-bond acceptors (Lipinski definition) is 3. The molecule has 0 aliphatic rings. The van der Waals surface area contributed by atoms with Crippen molar-refractivity contribution in [2.24, 2.45) is 4.99 Å². The molecule has 0 bridgehead atoms. The van der Waals surface area contributed by atoms with Gasteiger partial charge in [-0.3, -0.25) is 4.99 Å². The van der Waals surface area contributed by atoms with E-state index in [1.807, 2.05) is 6.92 Å². The monoisotopic (exact) mass is 334 g/mol. The summed E-state index contributed by atoms with van der Waals surface area (Å²) in [7, 11) is 5.97. The third-order valence-electron chi connectivity index (χ3n) is 3.97. The number of ether oxygens (including phenoxy) is 1. The topological polar surface area (TPSA) is 48.9 Å². The molecule has 0 fully saturated rings. The van der Waals surface area contributed by atoms with Gasteiger partial charge in [0.25, 0.3) is 0 Å². The summed E-state index contributed by atoms with van der Waals surface area (Å²) in [5.41, 5.74) is 2.69. The lowest BCUT2D eigenvalue weighted by Gasteiger charge is -2.21. The molecule has 0 radical (unpaired) electrons. The fraction of sp³-hybridized carbons (Fsp3) is 0.632. The Hall–Kier alpha value is -1.59. The van der Waals surface area contributed by atoms with Crippen LogP contribution < -0.4 is 10.6 Å². The van der Waals surface area contributed by atoms with Gasteiger partial charge in [0.1, 0.15) is 0 Å². The van der Waals surface area contributed by atoms with Crippen LogP contribution in [0.15, 0.2) is 29.3 Å². The highest BCUT2D eigenvalue weighted by molar-refractivity contribution is 5.79. The van der Waals surface area contributed by atoms with Crippen LogP contribution in [-0.4, -0.2) is 57.8 Å². The molecule has 1 atom stereocenters. The Morgan fingerprint density at radius 2 is 1.88 bits per heavy atom. The van der Waals surface area contributed by atoms with Crippen LogP contribution in [0.5, 0.6) is 0 Å². The summed E-state index contributed by atoms with van der Waals surface area (Å²) in [4.78, 5) is 6.50. The Morgan fingerprint density at radius 1 is 1.17 bits per heavy atom. The molecule has 0 aliphatic carbocycles. The smallest absolute Gasteiger partial charge is 0.191 e. The molecule has 136 valence electrons. The van der Waals surface area contributed by atoms with Crippen molar-refractivity contribution in [3.8, 4) is 0 Å². The van der Waals surface area contributed by atoms with Gasteiger partial charge in [-0.25, -0.2) is 0 Å². The summed E-state index contributed by atoms with van der Waals surface area (Å²) >= 11 is 0.